The van der Waals surface area contributed by atoms with Gasteiger partial charge in [-0.1, -0.05) is 41.9 Å². The summed E-state index contributed by atoms with van der Waals surface area (Å²) in [6.07, 6.45) is 6.97. The number of pyridine rings is 1. The molecule has 2 aromatic carbocycles. The van der Waals surface area contributed by atoms with Crippen LogP contribution in [0.2, 0.25) is 5.02 Å². The third kappa shape index (κ3) is 5.03. The standard InChI is InChI=1S/C31H33ClN4O2/c1-34-15-13-22(16-30(34)37)26-12-14-33-17-28(26)31(38)36(25-10-11-25)20-23-19-35(29-5-3-2-4-27(23)29)18-21-6-8-24(32)9-7-21/h2-9,13,15-16,19,25-26,28,33H,10-12,14,17-18,20H2,1H3/t26-,28?/m1/s1. The Hall–Kier alpha value is -3.35. The van der Waals surface area contributed by atoms with E-state index in [0.717, 1.165) is 48.5 Å². The van der Waals surface area contributed by atoms with Gasteiger partial charge in [0.15, 0.2) is 0 Å². The first-order valence-electron chi connectivity index (χ1n) is 13.5. The van der Waals surface area contributed by atoms with Gasteiger partial charge in [-0.2, -0.15) is 0 Å². The van der Waals surface area contributed by atoms with Gasteiger partial charge < -0.3 is 19.4 Å². The summed E-state index contributed by atoms with van der Waals surface area (Å²) in [4.78, 5) is 28.6. The molecule has 3 heterocycles. The van der Waals surface area contributed by atoms with Crippen LogP contribution in [0.3, 0.4) is 0 Å². The summed E-state index contributed by atoms with van der Waals surface area (Å²) in [7, 11) is 1.76. The highest BCUT2D eigenvalue weighted by atomic mass is 35.5. The second-order valence-electron chi connectivity index (χ2n) is 10.7. The molecule has 7 heteroatoms. The molecule has 2 atom stereocenters. The maximum Gasteiger partial charge on any atom is 0.250 e. The fraction of sp³-hybridized carbons (Fsp3) is 0.355. The largest absolute Gasteiger partial charge is 0.343 e. The second kappa shape index (κ2) is 10.4. The van der Waals surface area contributed by atoms with Crippen molar-refractivity contribution in [2.24, 2.45) is 13.0 Å². The van der Waals surface area contributed by atoms with Crippen molar-refractivity contribution < 1.29 is 4.79 Å². The van der Waals surface area contributed by atoms with Crippen LogP contribution < -0.4 is 10.9 Å². The molecule has 6 rings (SSSR count). The lowest BCUT2D eigenvalue weighted by Gasteiger charge is -2.35. The van der Waals surface area contributed by atoms with Gasteiger partial charge in [0.1, 0.15) is 0 Å². The van der Waals surface area contributed by atoms with Crippen molar-refractivity contribution in [3.05, 3.63) is 105 Å². The number of benzene rings is 2. The number of carbonyl (C=O) groups excluding carboxylic acids is 1. The van der Waals surface area contributed by atoms with Gasteiger partial charge in [-0.05, 0) is 72.7 Å². The Kier molecular flexibility index (Phi) is 6.85. The van der Waals surface area contributed by atoms with E-state index in [2.05, 4.69) is 57.4 Å². The molecule has 0 spiro atoms. The van der Waals surface area contributed by atoms with Gasteiger partial charge in [-0.3, -0.25) is 9.59 Å². The third-order valence-electron chi connectivity index (χ3n) is 8.10. The minimum absolute atomic E-state index is 0.0280. The zero-order valence-electron chi connectivity index (χ0n) is 21.6. The molecule has 1 unspecified atom stereocenters. The van der Waals surface area contributed by atoms with Crippen LogP contribution in [0.15, 0.2) is 77.9 Å². The molecule has 1 aliphatic heterocycles. The molecule has 2 fully saturated rings. The Morgan fingerprint density at radius 1 is 1.08 bits per heavy atom. The van der Waals surface area contributed by atoms with Gasteiger partial charge in [0.2, 0.25) is 5.91 Å². The van der Waals surface area contributed by atoms with Crippen LogP contribution in [-0.4, -0.2) is 39.1 Å². The van der Waals surface area contributed by atoms with Crippen molar-refractivity contribution in [1.82, 2.24) is 19.4 Å². The van der Waals surface area contributed by atoms with E-state index in [1.807, 2.05) is 24.4 Å². The second-order valence-corrected chi connectivity index (χ2v) is 11.2. The Bertz CT molecular complexity index is 1520. The molecular weight excluding hydrogens is 496 g/mol. The maximum absolute atomic E-state index is 14.2. The van der Waals surface area contributed by atoms with Crippen LogP contribution >= 0.6 is 11.6 Å². The Morgan fingerprint density at radius 2 is 1.87 bits per heavy atom. The van der Waals surface area contributed by atoms with E-state index in [0.29, 0.717) is 13.1 Å². The molecule has 2 aliphatic rings. The number of halogens is 1. The molecular formula is C31H33ClN4O2. The SMILES string of the molecule is Cn1ccc([C@H]2CCNCC2C(=O)N(Cc2cn(Cc3ccc(Cl)cc3)c3ccccc23)C2CC2)cc1=O. The molecule has 2 aromatic heterocycles. The van der Waals surface area contributed by atoms with E-state index in [9.17, 15) is 9.59 Å². The minimum atomic E-state index is -0.182. The minimum Gasteiger partial charge on any atom is -0.343 e. The van der Waals surface area contributed by atoms with Crippen LogP contribution in [0.5, 0.6) is 0 Å². The Morgan fingerprint density at radius 3 is 2.63 bits per heavy atom. The number of hydrogen-bond acceptors (Lipinski definition) is 3. The first-order valence-corrected chi connectivity index (χ1v) is 13.8. The van der Waals surface area contributed by atoms with Crippen molar-refractivity contribution in [2.75, 3.05) is 13.1 Å². The molecule has 1 saturated carbocycles. The van der Waals surface area contributed by atoms with Crippen LogP contribution in [0.25, 0.3) is 10.9 Å². The van der Waals surface area contributed by atoms with Gasteiger partial charge in [0, 0.05) is 67.1 Å². The smallest absolute Gasteiger partial charge is 0.250 e. The number of fused-ring (bicyclic) bond motifs is 1. The van der Waals surface area contributed by atoms with Crippen molar-refractivity contribution in [1.29, 1.82) is 0 Å². The lowest BCUT2D eigenvalue weighted by molar-refractivity contribution is -0.138. The number of aryl methyl sites for hydroxylation is 1. The average Bonchev–Trinajstić information content (AvgIpc) is 3.73. The van der Waals surface area contributed by atoms with Crippen molar-refractivity contribution >= 4 is 28.4 Å². The van der Waals surface area contributed by atoms with Gasteiger partial charge in [0.05, 0.1) is 5.92 Å². The molecule has 1 saturated heterocycles. The predicted octanol–water partition coefficient (Wildman–Crippen LogP) is 4.93. The van der Waals surface area contributed by atoms with E-state index >= 15 is 0 Å². The summed E-state index contributed by atoms with van der Waals surface area (Å²) in [5, 5.41) is 5.36. The summed E-state index contributed by atoms with van der Waals surface area (Å²) in [5.74, 6) is 0.0592. The molecule has 38 heavy (non-hydrogen) atoms. The Balaban J connectivity index is 1.30. The number of rotatable bonds is 7. The molecule has 0 radical (unpaired) electrons. The number of amides is 1. The highest BCUT2D eigenvalue weighted by molar-refractivity contribution is 6.30. The highest BCUT2D eigenvalue weighted by Crippen LogP contribution is 2.37. The molecule has 4 aromatic rings. The molecule has 1 amide bonds. The molecule has 1 N–H and O–H groups in total. The van der Waals surface area contributed by atoms with Crippen LogP contribution in [0, 0.1) is 5.92 Å². The van der Waals surface area contributed by atoms with E-state index in [-0.39, 0.29) is 29.3 Å². The number of nitrogens with zero attached hydrogens (tertiary/aromatic N) is 3. The molecule has 196 valence electrons. The number of hydrogen-bond donors (Lipinski definition) is 1. The fourth-order valence-corrected chi connectivity index (χ4v) is 5.97. The van der Waals surface area contributed by atoms with Gasteiger partial charge >= 0.3 is 0 Å². The van der Waals surface area contributed by atoms with Crippen molar-refractivity contribution in [3.8, 4) is 0 Å². The zero-order chi connectivity index (χ0) is 26.2. The monoisotopic (exact) mass is 528 g/mol. The number of aromatic nitrogens is 2. The van der Waals surface area contributed by atoms with E-state index in [1.54, 1.807) is 17.7 Å². The molecule has 1 aliphatic carbocycles. The number of para-hydroxylation sites is 1. The fourth-order valence-electron chi connectivity index (χ4n) is 5.85. The maximum atomic E-state index is 14.2. The zero-order valence-corrected chi connectivity index (χ0v) is 22.4. The third-order valence-corrected chi connectivity index (χ3v) is 8.36. The first kappa shape index (κ1) is 25.0. The summed E-state index contributed by atoms with van der Waals surface area (Å²) >= 11 is 6.10. The average molecular weight is 529 g/mol. The van der Waals surface area contributed by atoms with Gasteiger partial charge in [-0.15, -0.1) is 0 Å². The summed E-state index contributed by atoms with van der Waals surface area (Å²) in [6, 6.07) is 20.4. The van der Waals surface area contributed by atoms with Crippen LogP contribution in [0.4, 0.5) is 0 Å². The van der Waals surface area contributed by atoms with E-state index in [4.69, 9.17) is 11.6 Å². The molecule has 6 nitrogen and oxygen atoms in total. The van der Waals surface area contributed by atoms with Gasteiger partial charge in [-0.25, -0.2) is 0 Å². The summed E-state index contributed by atoms with van der Waals surface area (Å²) in [6.45, 7) is 2.83. The summed E-state index contributed by atoms with van der Waals surface area (Å²) in [5.41, 5.74) is 4.46. The normalized spacial score (nSPS) is 19.5. The van der Waals surface area contributed by atoms with Gasteiger partial charge in [0.25, 0.3) is 5.56 Å². The summed E-state index contributed by atoms with van der Waals surface area (Å²) < 4.78 is 3.85. The highest BCUT2D eigenvalue weighted by Gasteiger charge is 2.40. The van der Waals surface area contributed by atoms with Crippen molar-refractivity contribution in [3.63, 3.8) is 0 Å². The number of carbonyl (C=O) groups is 1. The van der Waals surface area contributed by atoms with Crippen molar-refractivity contribution in [2.45, 2.75) is 44.3 Å². The first-order chi connectivity index (χ1) is 18.5. The topological polar surface area (TPSA) is 59.3 Å². The lowest BCUT2D eigenvalue weighted by atomic mass is 9.80. The van der Waals surface area contributed by atoms with Crippen LogP contribution in [0.1, 0.15) is 41.9 Å². The van der Waals surface area contributed by atoms with Crippen LogP contribution in [-0.2, 0) is 24.9 Å². The van der Waals surface area contributed by atoms with E-state index < -0.39 is 0 Å². The predicted molar refractivity (Wildman–Crippen MR) is 151 cm³/mol. The van der Waals surface area contributed by atoms with E-state index in [1.165, 1.54) is 16.5 Å². The number of nitrogens with one attached hydrogen (secondary N) is 1. The number of piperidine rings is 1. The quantitative estimate of drug-likeness (QED) is 0.370. The molecule has 0 bridgehead atoms. The Labute approximate surface area is 227 Å². The lowest BCUT2D eigenvalue weighted by Crippen LogP contribution is -2.47.